The fourth-order valence-electron chi connectivity index (χ4n) is 1.37. The number of aldehydes is 1. The van der Waals surface area contributed by atoms with Crippen LogP contribution in [0.5, 0.6) is 5.75 Å². The third kappa shape index (κ3) is 1.15. The largest absolute Gasteiger partial charge is 0.508 e. The molecule has 70 valence electrons. The number of nitrogens with one attached hydrogen (secondary N) is 1. The fraction of sp³-hybridized carbons (Fsp3) is 0. The second kappa shape index (κ2) is 2.95. The van der Waals surface area contributed by atoms with Gasteiger partial charge in [0, 0.05) is 11.5 Å². The number of fused-ring (bicyclic) bond motifs is 1. The molecule has 0 fully saturated rings. The molecule has 1 aromatic heterocycles. The van der Waals surface area contributed by atoms with E-state index in [2.05, 4.69) is 10.2 Å². The first-order valence-corrected chi connectivity index (χ1v) is 3.89. The van der Waals surface area contributed by atoms with E-state index in [1.807, 2.05) is 0 Å². The van der Waals surface area contributed by atoms with Gasteiger partial charge in [0.25, 0.3) is 0 Å². The van der Waals surface area contributed by atoms with Gasteiger partial charge in [0.05, 0.1) is 11.2 Å². The number of carbonyl (C=O) groups is 1. The highest BCUT2D eigenvalue weighted by molar-refractivity contribution is 5.95. The van der Waals surface area contributed by atoms with Crippen molar-refractivity contribution in [3.63, 3.8) is 0 Å². The topological polar surface area (TPSA) is 82.5 Å². The number of hydrogen-bond donors (Lipinski definition) is 2. The molecule has 2 N–H and O–H groups in total. The number of carbonyl (C=O) groups excluding carboxylic acids is 1. The third-order valence-corrected chi connectivity index (χ3v) is 1.94. The lowest BCUT2D eigenvalue weighted by molar-refractivity contribution is 0.112. The quantitative estimate of drug-likeness (QED) is 0.561. The van der Waals surface area contributed by atoms with Gasteiger partial charge in [-0.05, 0) is 17.3 Å². The highest BCUT2D eigenvalue weighted by Gasteiger charge is 2.07. The summed E-state index contributed by atoms with van der Waals surface area (Å²) in [5.74, 6) is -0.0523. The molecule has 0 unspecified atom stereocenters. The minimum Gasteiger partial charge on any atom is -0.508 e. The molecule has 14 heavy (non-hydrogen) atoms. The average Bonchev–Trinajstić information content (AvgIpc) is 2.59. The van der Waals surface area contributed by atoms with Gasteiger partial charge in [-0.2, -0.15) is 0 Å². The molecule has 0 amide bonds. The molecule has 0 aliphatic rings. The molecule has 0 spiro atoms. The van der Waals surface area contributed by atoms with Crippen molar-refractivity contribution in [2.24, 2.45) is 5.18 Å². The van der Waals surface area contributed by atoms with E-state index in [0.29, 0.717) is 22.9 Å². The lowest BCUT2D eigenvalue weighted by Crippen LogP contribution is -1.75. The van der Waals surface area contributed by atoms with E-state index in [0.717, 1.165) is 0 Å². The number of phenolic OH excluding ortho intramolecular Hbond substituents is 1. The van der Waals surface area contributed by atoms with E-state index in [4.69, 9.17) is 0 Å². The van der Waals surface area contributed by atoms with Crippen molar-refractivity contribution < 1.29 is 9.90 Å². The van der Waals surface area contributed by atoms with Crippen LogP contribution in [0, 0.1) is 4.91 Å². The van der Waals surface area contributed by atoms with Crippen LogP contribution in [-0.2, 0) is 0 Å². The van der Waals surface area contributed by atoms with E-state index < -0.39 is 0 Å². The molecule has 0 atom stereocenters. The van der Waals surface area contributed by atoms with Gasteiger partial charge in [-0.1, -0.05) is 0 Å². The van der Waals surface area contributed by atoms with Crippen molar-refractivity contribution in [1.82, 2.24) is 4.98 Å². The number of nitrogens with zero attached hydrogens (tertiary/aromatic N) is 1. The summed E-state index contributed by atoms with van der Waals surface area (Å²) in [4.78, 5) is 23.6. The summed E-state index contributed by atoms with van der Waals surface area (Å²) in [6.07, 6.45) is 0.631. The minimum atomic E-state index is -0.0523. The zero-order valence-electron chi connectivity index (χ0n) is 7.02. The predicted molar refractivity (Wildman–Crippen MR) is 50.8 cm³/mol. The van der Waals surface area contributed by atoms with Crippen LogP contribution in [0.4, 0.5) is 5.69 Å². The molecule has 0 aliphatic heterocycles. The van der Waals surface area contributed by atoms with Gasteiger partial charge in [0.1, 0.15) is 11.4 Å². The van der Waals surface area contributed by atoms with E-state index in [1.165, 1.54) is 18.2 Å². The molecule has 0 saturated heterocycles. The second-order valence-corrected chi connectivity index (χ2v) is 2.86. The van der Waals surface area contributed by atoms with Gasteiger partial charge in [0.15, 0.2) is 6.29 Å². The zero-order chi connectivity index (χ0) is 10.1. The number of hydrogen-bond acceptors (Lipinski definition) is 4. The van der Waals surface area contributed by atoms with E-state index in [-0.39, 0.29) is 11.4 Å². The third-order valence-electron chi connectivity index (χ3n) is 1.94. The van der Waals surface area contributed by atoms with Crippen LogP contribution in [0.1, 0.15) is 10.5 Å². The Morgan fingerprint density at radius 2 is 2.14 bits per heavy atom. The van der Waals surface area contributed by atoms with Gasteiger partial charge in [-0.3, -0.25) is 4.79 Å². The standard InChI is InChI=1S/C9H6N2O3/c12-4-6-1-5-2-7(13)3-8(11-14)9(5)10-6/h1-4,10,13H. The molecule has 0 bridgehead atoms. The number of nitroso groups, excluding NO2 is 1. The summed E-state index contributed by atoms with van der Waals surface area (Å²) in [5, 5.41) is 12.6. The molecule has 2 rings (SSSR count). The van der Waals surface area contributed by atoms with E-state index >= 15 is 0 Å². The highest BCUT2D eigenvalue weighted by Crippen LogP contribution is 2.30. The van der Waals surface area contributed by atoms with Gasteiger partial charge < -0.3 is 10.1 Å². The smallest absolute Gasteiger partial charge is 0.166 e. The molecule has 2 aromatic rings. The Morgan fingerprint density at radius 1 is 1.36 bits per heavy atom. The van der Waals surface area contributed by atoms with Crippen molar-refractivity contribution >= 4 is 22.9 Å². The molecule has 5 heteroatoms. The Kier molecular flexibility index (Phi) is 1.78. The Hall–Kier alpha value is -2.17. The second-order valence-electron chi connectivity index (χ2n) is 2.86. The Balaban J connectivity index is 2.83. The van der Waals surface area contributed by atoms with Gasteiger partial charge in [-0.15, -0.1) is 4.91 Å². The Bertz CT molecular complexity index is 516. The SMILES string of the molecule is O=Cc1cc2cc(O)cc(N=O)c2[nH]1. The number of rotatable bonds is 2. The summed E-state index contributed by atoms with van der Waals surface area (Å²) in [6.45, 7) is 0. The van der Waals surface area contributed by atoms with Crippen LogP contribution in [0.3, 0.4) is 0 Å². The highest BCUT2D eigenvalue weighted by atomic mass is 16.3. The number of aromatic hydroxyl groups is 1. The molecular formula is C9H6N2O3. The number of benzene rings is 1. The van der Waals surface area contributed by atoms with E-state index in [9.17, 15) is 14.8 Å². The van der Waals surface area contributed by atoms with Crippen LogP contribution in [0.25, 0.3) is 10.9 Å². The van der Waals surface area contributed by atoms with Crippen molar-refractivity contribution in [3.05, 3.63) is 28.8 Å². The lowest BCUT2D eigenvalue weighted by Gasteiger charge is -1.94. The van der Waals surface area contributed by atoms with Crippen LogP contribution >= 0.6 is 0 Å². The monoisotopic (exact) mass is 190 g/mol. The van der Waals surface area contributed by atoms with Gasteiger partial charge >= 0.3 is 0 Å². The first kappa shape index (κ1) is 8.43. The van der Waals surface area contributed by atoms with Gasteiger partial charge in [-0.25, -0.2) is 0 Å². The predicted octanol–water partition coefficient (Wildman–Crippen LogP) is 2.08. The first-order chi connectivity index (χ1) is 6.74. The average molecular weight is 190 g/mol. The maximum absolute atomic E-state index is 10.5. The fourth-order valence-corrected chi connectivity index (χ4v) is 1.37. The maximum Gasteiger partial charge on any atom is 0.166 e. The minimum absolute atomic E-state index is 0.0523. The van der Waals surface area contributed by atoms with Crippen LogP contribution < -0.4 is 0 Å². The lowest BCUT2D eigenvalue weighted by atomic mass is 10.2. The van der Waals surface area contributed by atoms with Crippen molar-refractivity contribution in [3.8, 4) is 5.75 Å². The molecule has 0 aliphatic carbocycles. The molecule has 0 radical (unpaired) electrons. The maximum atomic E-state index is 10.5. The number of aromatic amines is 1. The van der Waals surface area contributed by atoms with Crippen LogP contribution in [-0.4, -0.2) is 16.4 Å². The molecule has 1 aromatic carbocycles. The summed E-state index contributed by atoms with van der Waals surface area (Å²) >= 11 is 0. The Morgan fingerprint density at radius 3 is 2.79 bits per heavy atom. The number of aromatic nitrogens is 1. The molecule has 5 nitrogen and oxygen atoms in total. The molecular weight excluding hydrogens is 184 g/mol. The summed E-state index contributed by atoms with van der Waals surface area (Å²) < 4.78 is 0. The van der Waals surface area contributed by atoms with Crippen molar-refractivity contribution in [1.29, 1.82) is 0 Å². The normalized spacial score (nSPS) is 10.3. The number of H-pyrrole nitrogens is 1. The van der Waals surface area contributed by atoms with Crippen molar-refractivity contribution in [2.45, 2.75) is 0 Å². The summed E-state index contributed by atoms with van der Waals surface area (Å²) in [5.41, 5.74) is 0.892. The van der Waals surface area contributed by atoms with Gasteiger partial charge in [0.2, 0.25) is 0 Å². The number of phenols is 1. The van der Waals surface area contributed by atoms with Crippen molar-refractivity contribution in [2.75, 3.05) is 0 Å². The summed E-state index contributed by atoms with van der Waals surface area (Å²) in [7, 11) is 0. The van der Waals surface area contributed by atoms with Crippen LogP contribution in [0.2, 0.25) is 0 Å². The zero-order valence-corrected chi connectivity index (χ0v) is 7.02. The molecule has 1 heterocycles. The summed E-state index contributed by atoms with van der Waals surface area (Å²) in [6, 6.07) is 4.23. The van der Waals surface area contributed by atoms with Crippen LogP contribution in [0.15, 0.2) is 23.4 Å². The first-order valence-electron chi connectivity index (χ1n) is 3.89. The Labute approximate surface area is 78.3 Å². The molecule has 0 saturated carbocycles. The van der Waals surface area contributed by atoms with E-state index in [1.54, 1.807) is 0 Å².